The molecular weight excluding hydrogens is 509 g/mol. The molecule has 4 aromatic carbocycles. The summed E-state index contributed by atoms with van der Waals surface area (Å²) in [5, 5.41) is 15.9. The van der Waals surface area contributed by atoms with Crippen molar-refractivity contribution in [3.8, 4) is 5.75 Å². The number of carbonyl (C=O) groups is 1. The van der Waals surface area contributed by atoms with E-state index in [1.165, 1.54) is 42.6 Å². The van der Waals surface area contributed by atoms with Crippen LogP contribution in [0.1, 0.15) is 5.56 Å². The Morgan fingerprint density at radius 3 is 2.43 bits per heavy atom. The molecule has 7 nitrogen and oxygen atoms in total. The number of anilines is 1. The Balaban J connectivity index is 1.62. The highest BCUT2D eigenvalue weighted by molar-refractivity contribution is 7.92. The van der Waals surface area contributed by atoms with Gasteiger partial charge in [-0.1, -0.05) is 77.8 Å². The third-order valence-corrected chi connectivity index (χ3v) is 7.73. The fraction of sp³-hybridized carbons (Fsp3) is 0.0400. The summed E-state index contributed by atoms with van der Waals surface area (Å²) in [6.45, 7) is -0.615. The lowest BCUT2D eigenvalue weighted by molar-refractivity contribution is -0.119. The van der Waals surface area contributed by atoms with Crippen molar-refractivity contribution in [1.29, 1.82) is 0 Å². The van der Waals surface area contributed by atoms with Crippen molar-refractivity contribution in [2.45, 2.75) is 4.90 Å². The number of rotatable bonds is 7. The largest absolute Gasteiger partial charge is 0.507 e. The molecule has 10 heteroatoms. The molecule has 0 bridgehead atoms. The number of nitrogens with one attached hydrogen (secondary N) is 1. The number of fused-ring (bicyclic) bond motifs is 1. The summed E-state index contributed by atoms with van der Waals surface area (Å²) < 4.78 is 27.7. The minimum Gasteiger partial charge on any atom is -0.507 e. The Morgan fingerprint density at radius 1 is 0.943 bits per heavy atom. The van der Waals surface area contributed by atoms with Crippen LogP contribution in [0.25, 0.3) is 10.8 Å². The maximum absolute atomic E-state index is 13.4. The summed E-state index contributed by atoms with van der Waals surface area (Å²) in [7, 11) is -4.16. The molecule has 0 aliphatic heterocycles. The van der Waals surface area contributed by atoms with Crippen LogP contribution in [0.5, 0.6) is 5.75 Å². The number of carbonyl (C=O) groups excluding carboxylic acids is 1. The standard InChI is InChI=1S/C25H19Cl2N3O4S/c26-21-11-6-12-22(25(21)27)30(35(33,34)18-8-2-1-3-9-18)16-24(32)29-28-15-20-19-10-5-4-7-17(19)13-14-23(20)31/h1-15,31H,16H2,(H,29,32)/b28-15-. The summed E-state index contributed by atoms with van der Waals surface area (Å²) in [5.74, 6) is -0.739. The molecule has 0 aliphatic rings. The van der Waals surface area contributed by atoms with E-state index in [0.29, 0.717) is 5.56 Å². The normalized spacial score (nSPS) is 11.6. The van der Waals surface area contributed by atoms with E-state index in [0.717, 1.165) is 15.1 Å². The summed E-state index contributed by atoms with van der Waals surface area (Å²) >= 11 is 12.4. The quantitative estimate of drug-likeness (QED) is 0.255. The molecule has 0 radical (unpaired) electrons. The second-order valence-corrected chi connectivity index (χ2v) is 10.1. The second kappa shape index (κ2) is 10.4. The molecular formula is C25H19Cl2N3O4S. The number of amides is 1. The van der Waals surface area contributed by atoms with E-state index in [4.69, 9.17) is 23.2 Å². The van der Waals surface area contributed by atoms with Gasteiger partial charge in [0.05, 0.1) is 26.8 Å². The van der Waals surface area contributed by atoms with E-state index in [-0.39, 0.29) is 26.4 Å². The molecule has 0 aromatic heterocycles. The third-order valence-electron chi connectivity index (χ3n) is 5.15. The highest BCUT2D eigenvalue weighted by Crippen LogP contribution is 2.35. The first-order valence-corrected chi connectivity index (χ1v) is 12.5. The molecule has 2 N–H and O–H groups in total. The highest BCUT2D eigenvalue weighted by atomic mass is 35.5. The van der Waals surface area contributed by atoms with Crippen molar-refractivity contribution in [1.82, 2.24) is 5.43 Å². The molecule has 0 saturated heterocycles. The van der Waals surface area contributed by atoms with Gasteiger partial charge in [-0.3, -0.25) is 9.10 Å². The molecule has 0 atom stereocenters. The van der Waals surface area contributed by atoms with Crippen LogP contribution >= 0.6 is 23.2 Å². The Morgan fingerprint density at radius 2 is 1.66 bits per heavy atom. The molecule has 4 rings (SSSR count). The number of hydrogen-bond acceptors (Lipinski definition) is 5. The predicted octanol–water partition coefficient (Wildman–Crippen LogP) is 5.20. The molecule has 178 valence electrons. The minimum atomic E-state index is -4.16. The SMILES string of the molecule is O=C(CN(c1cccc(Cl)c1Cl)S(=O)(=O)c1ccccc1)N/N=C\c1c(O)ccc2ccccc12. The zero-order valence-corrected chi connectivity index (χ0v) is 20.4. The first-order chi connectivity index (χ1) is 16.8. The topological polar surface area (TPSA) is 99.1 Å². The average Bonchev–Trinajstić information content (AvgIpc) is 2.86. The Hall–Kier alpha value is -3.59. The van der Waals surface area contributed by atoms with Gasteiger partial charge in [-0.05, 0) is 41.1 Å². The Labute approximate surface area is 212 Å². The smallest absolute Gasteiger partial charge is 0.264 e. The van der Waals surface area contributed by atoms with Gasteiger partial charge in [-0.2, -0.15) is 5.10 Å². The molecule has 0 fully saturated rings. The number of hydrogen-bond donors (Lipinski definition) is 2. The van der Waals surface area contributed by atoms with Crippen LogP contribution in [-0.2, 0) is 14.8 Å². The summed E-state index contributed by atoms with van der Waals surface area (Å²) in [6, 6.07) is 22.8. The number of nitrogens with zero attached hydrogens (tertiary/aromatic N) is 2. The maximum Gasteiger partial charge on any atom is 0.264 e. The first-order valence-electron chi connectivity index (χ1n) is 10.3. The Bertz CT molecular complexity index is 1530. The van der Waals surface area contributed by atoms with E-state index in [1.54, 1.807) is 24.3 Å². The summed E-state index contributed by atoms with van der Waals surface area (Å²) in [6.07, 6.45) is 1.30. The van der Waals surface area contributed by atoms with Gasteiger partial charge < -0.3 is 5.11 Å². The predicted molar refractivity (Wildman–Crippen MR) is 139 cm³/mol. The van der Waals surface area contributed by atoms with Gasteiger partial charge in [0.25, 0.3) is 15.9 Å². The monoisotopic (exact) mass is 527 g/mol. The lowest BCUT2D eigenvalue weighted by Gasteiger charge is -2.24. The van der Waals surface area contributed by atoms with Gasteiger partial charge in [-0.25, -0.2) is 13.8 Å². The Kier molecular flexibility index (Phi) is 7.25. The molecule has 0 spiro atoms. The number of phenols is 1. The van der Waals surface area contributed by atoms with E-state index in [9.17, 15) is 18.3 Å². The second-order valence-electron chi connectivity index (χ2n) is 7.41. The van der Waals surface area contributed by atoms with E-state index >= 15 is 0 Å². The van der Waals surface area contributed by atoms with Gasteiger partial charge in [0.15, 0.2) is 0 Å². The lowest BCUT2D eigenvalue weighted by atomic mass is 10.0. The van der Waals surface area contributed by atoms with E-state index in [1.807, 2.05) is 24.3 Å². The van der Waals surface area contributed by atoms with Crippen molar-refractivity contribution < 1.29 is 18.3 Å². The van der Waals surface area contributed by atoms with Gasteiger partial charge in [0.1, 0.15) is 12.3 Å². The van der Waals surface area contributed by atoms with Crippen molar-refractivity contribution in [3.63, 3.8) is 0 Å². The number of halogens is 2. The zero-order chi connectivity index (χ0) is 25.0. The van der Waals surface area contributed by atoms with Gasteiger partial charge >= 0.3 is 0 Å². The molecule has 0 heterocycles. The van der Waals surface area contributed by atoms with Gasteiger partial charge in [0.2, 0.25) is 0 Å². The van der Waals surface area contributed by atoms with Crippen molar-refractivity contribution in [3.05, 3.63) is 101 Å². The zero-order valence-electron chi connectivity index (χ0n) is 18.1. The van der Waals surface area contributed by atoms with Crippen LogP contribution in [0.3, 0.4) is 0 Å². The number of benzene rings is 4. The fourth-order valence-electron chi connectivity index (χ4n) is 3.46. The van der Waals surface area contributed by atoms with E-state index < -0.39 is 22.5 Å². The molecule has 35 heavy (non-hydrogen) atoms. The maximum atomic E-state index is 13.4. The third kappa shape index (κ3) is 5.24. The summed E-state index contributed by atoms with van der Waals surface area (Å²) in [4.78, 5) is 12.7. The van der Waals surface area contributed by atoms with E-state index in [2.05, 4.69) is 10.5 Å². The van der Waals surface area contributed by atoms with Crippen LogP contribution in [-0.4, -0.2) is 32.2 Å². The molecule has 0 aliphatic carbocycles. The van der Waals surface area contributed by atoms with Crippen LogP contribution < -0.4 is 9.73 Å². The van der Waals surface area contributed by atoms with Crippen molar-refractivity contribution >= 4 is 61.8 Å². The fourth-order valence-corrected chi connectivity index (χ4v) is 5.36. The number of sulfonamides is 1. The van der Waals surface area contributed by atoms with Crippen LogP contribution in [0.15, 0.2) is 94.9 Å². The van der Waals surface area contributed by atoms with Crippen molar-refractivity contribution in [2.75, 3.05) is 10.8 Å². The van der Waals surface area contributed by atoms with Crippen LogP contribution in [0, 0.1) is 0 Å². The van der Waals surface area contributed by atoms with Crippen molar-refractivity contribution in [2.24, 2.45) is 5.10 Å². The minimum absolute atomic E-state index is 0.00866. The number of aromatic hydroxyl groups is 1. The molecule has 1 amide bonds. The average molecular weight is 528 g/mol. The lowest BCUT2D eigenvalue weighted by Crippen LogP contribution is -2.39. The number of phenolic OH excluding ortho intramolecular Hbond substituents is 1. The molecule has 4 aromatic rings. The molecule has 0 saturated carbocycles. The van der Waals surface area contributed by atoms with Crippen LogP contribution in [0.2, 0.25) is 10.0 Å². The highest BCUT2D eigenvalue weighted by Gasteiger charge is 2.29. The number of hydrazone groups is 1. The molecule has 0 unspecified atom stereocenters. The summed E-state index contributed by atoms with van der Waals surface area (Å²) in [5.41, 5.74) is 2.78. The van der Waals surface area contributed by atoms with Gasteiger partial charge in [-0.15, -0.1) is 0 Å². The van der Waals surface area contributed by atoms with Gasteiger partial charge in [0, 0.05) is 5.56 Å². The van der Waals surface area contributed by atoms with Crippen LogP contribution in [0.4, 0.5) is 5.69 Å². The first kappa shape index (κ1) is 24.5.